The Morgan fingerprint density at radius 2 is 2.10 bits per heavy atom. The highest BCUT2D eigenvalue weighted by atomic mass is 15.1. The van der Waals surface area contributed by atoms with E-state index in [0.717, 1.165) is 13.1 Å². The molecular formula is C8H11N2. The second-order valence-electron chi connectivity index (χ2n) is 2.70. The lowest BCUT2D eigenvalue weighted by molar-refractivity contribution is 0.549. The molecule has 1 unspecified atom stereocenters. The molecule has 2 rings (SSSR count). The summed E-state index contributed by atoms with van der Waals surface area (Å²) < 4.78 is 2.25. The van der Waals surface area contributed by atoms with Crippen molar-refractivity contribution < 1.29 is 0 Å². The first-order valence-corrected chi connectivity index (χ1v) is 3.72. The molecule has 1 saturated heterocycles. The van der Waals surface area contributed by atoms with Crippen LogP contribution in [0.25, 0.3) is 0 Å². The van der Waals surface area contributed by atoms with Crippen molar-refractivity contribution in [2.45, 2.75) is 12.5 Å². The van der Waals surface area contributed by atoms with Crippen LogP contribution in [-0.2, 0) is 0 Å². The van der Waals surface area contributed by atoms with E-state index in [1.165, 1.54) is 6.42 Å². The predicted molar refractivity (Wildman–Crippen MR) is 40.0 cm³/mol. The van der Waals surface area contributed by atoms with E-state index in [1.54, 1.807) is 0 Å². The zero-order valence-corrected chi connectivity index (χ0v) is 5.90. The van der Waals surface area contributed by atoms with Crippen molar-refractivity contribution in [1.29, 1.82) is 0 Å². The van der Waals surface area contributed by atoms with E-state index in [0.29, 0.717) is 6.04 Å². The molecule has 0 amide bonds. The van der Waals surface area contributed by atoms with Crippen LogP contribution in [0.5, 0.6) is 0 Å². The van der Waals surface area contributed by atoms with E-state index in [-0.39, 0.29) is 0 Å². The van der Waals surface area contributed by atoms with Gasteiger partial charge in [0.05, 0.1) is 0 Å². The Kier molecular flexibility index (Phi) is 1.47. The van der Waals surface area contributed by atoms with Gasteiger partial charge in [0.15, 0.2) is 0 Å². The predicted octanol–water partition coefficient (Wildman–Crippen LogP) is 1.04. The van der Waals surface area contributed by atoms with Crippen LogP contribution in [0.15, 0.2) is 24.5 Å². The van der Waals surface area contributed by atoms with Crippen LogP contribution >= 0.6 is 0 Å². The molecule has 0 bridgehead atoms. The number of nitrogens with zero attached hydrogens (tertiary/aromatic N) is 2. The SMILES string of the molecule is c1ccn(C2CC[N]C2)c1. The third-order valence-electron chi connectivity index (χ3n) is 2.01. The molecule has 0 aromatic carbocycles. The lowest BCUT2D eigenvalue weighted by atomic mass is 10.3. The molecule has 0 spiro atoms. The molecule has 2 heterocycles. The maximum Gasteiger partial charge on any atom is 0.0484 e. The first-order chi connectivity index (χ1) is 4.97. The molecule has 1 fully saturated rings. The van der Waals surface area contributed by atoms with Crippen LogP contribution in [0.4, 0.5) is 0 Å². The van der Waals surface area contributed by atoms with Gasteiger partial charge < -0.3 is 4.57 Å². The molecule has 0 N–H and O–H groups in total. The summed E-state index contributed by atoms with van der Waals surface area (Å²) in [6.07, 6.45) is 5.45. The Morgan fingerprint density at radius 3 is 2.70 bits per heavy atom. The molecule has 1 aromatic rings. The van der Waals surface area contributed by atoms with E-state index < -0.39 is 0 Å². The van der Waals surface area contributed by atoms with Gasteiger partial charge in [0.25, 0.3) is 0 Å². The third-order valence-corrected chi connectivity index (χ3v) is 2.01. The van der Waals surface area contributed by atoms with Gasteiger partial charge in [0.1, 0.15) is 0 Å². The van der Waals surface area contributed by atoms with Crippen molar-refractivity contribution in [2.75, 3.05) is 13.1 Å². The monoisotopic (exact) mass is 135 g/mol. The molecule has 2 heteroatoms. The van der Waals surface area contributed by atoms with Crippen LogP contribution in [-0.4, -0.2) is 17.7 Å². The smallest absolute Gasteiger partial charge is 0.0484 e. The van der Waals surface area contributed by atoms with Crippen molar-refractivity contribution >= 4 is 0 Å². The maximum absolute atomic E-state index is 4.30. The number of rotatable bonds is 1. The molecule has 1 atom stereocenters. The lowest BCUT2D eigenvalue weighted by Crippen LogP contribution is -2.07. The minimum Gasteiger partial charge on any atom is -0.350 e. The summed E-state index contributed by atoms with van der Waals surface area (Å²) in [5, 5.41) is 4.30. The van der Waals surface area contributed by atoms with Crippen molar-refractivity contribution in [1.82, 2.24) is 9.88 Å². The van der Waals surface area contributed by atoms with E-state index in [2.05, 4.69) is 34.4 Å². The molecule has 0 aliphatic carbocycles. The average molecular weight is 135 g/mol. The molecule has 0 saturated carbocycles. The molecule has 53 valence electrons. The van der Waals surface area contributed by atoms with E-state index in [9.17, 15) is 0 Å². The van der Waals surface area contributed by atoms with Crippen molar-refractivity contribution in [3.05, 3.63) is 24.5 Å². The number of hydrogen-bond donors (Lipinski definition) is 0. The zero-order chi connectivity index (χ0) is 6.81. The first-order valence-electron chi connectivity index (χ1n) is 3.72. The van der Waals surface area contributed by atoms with Gasteiger partial charge in [-0.25, -0.2) is 5.32 Å². The summed E-state index contributed by atoms with van der Waals surface area (Å²) in [5.74, 6) is 0. The highest BCUT2D eigenvalue weighted by molar-refractivity contribution is 4.94. The van der Waals surface area contributed by atoms with Crippen LogP contribution in [0.2, 0.25) is 0 Å². The van der Waals surface area contributed by atoms with Crippen LogP contribution < -0.4 is 5.32 Å². The van der Waals surface area contributed by atoms with Gasteiger partial charge in [-0.15, -0.1) is 0 Å². The molecule has 10 heavy (non-hydrogen) atoms. The third kappa shape index (κ3) is 0.948. The second-order valence-corrected chi connectivity index (χ2v) is 2.70. The van der Waals surface area contributed by atoms with Gasteiger partial charge >= 0.3 is 0 Å². The van der Waals surface area contributed by atoms with Crippen LogP contribution in [0.1, 0.15) is 12.5 Å². The molecule has 1 aliphatic rings. The van der Waals surface area contributed by atoms with E-state index in [4.69, 9.17) is 0 Å². The van der Waals surface area contributed by atoms with Crippen molar-refractivity contribution in [2.24, 2.45) is 0 Å². The molecule has 1 aromatic heterocycles. The molecule has 1 radical (unpaired) electrons. The van der Waals surface area contributed by atoms with Crippen molar-refractivity contribution in [3.8, 4) is 0 Å². The minimum atomic E-state index is 0.648. The Hall–Kier alpha value is -0.760. The van der Waals surface area contributed by atoms with E-state index in [1.807, 2.05) is 0 Å². The summed E-state index contributed by atoms with van der Waals surface area (Å²) in [6.45, 7) is 2.05. The summed E-state index contributed by atoms with van der Waals surface area (Å²) in [7, 11) is 0. The van der Waals surface area contributed by atoms with Crippen LogP contribution in [0, 0.1) is 0 Å². The first kappa shape index (κ1) is 5.98. The number of aromatic nitrogens is 1. The fourth-order valence-electron chi connectivity index (χ4n) is 1.41. The Balaban J connectivity index is 2.12. The zero-order valence-electron chi connectivity index (χ0n) is 5.90. The summed E-state index contributed by atoms with van der Waals surface area (Å²) in [6, 6.07) is 4.78. The standard InChI is InChI=1S/C8H11N2/c1-2-6-10(5-1)8-3-4-9-7-8/h1-2,5-6,8H,3-4,7H2. The minimum absolute atomic E-state index is 0.648. The van der Waals surface area contributed by atoms with Crippen molar-refractivity contribution in [3.63, 3.8) is 0 Å². The lowest BCUT2D eigenvalue weighted by Gasteiger charge is -2.08. The second kappa shape index (κ2) is 2.46. The van der Waals surface area contributed by atoms with Gasteiger partial charge in [-0.3, -0.25) is 0 Å². The van der Waals surface area contributed by atoms with Gasteiger partial charge in [0, 0.05) is 31.5 Å². The molecule has 1 aliphatic heterocycles. The molecular weight excluding hydrogens is 124 g/mol. The van der Waals surface area contributed by atoms with Gasteiger partial charge in [-0.2, -0.15) is 0 Å². The highest BCUT2D eigenvalue weighted by Crippen LogP contribution is 2.14. The summed E-state index contributed by atoms with van der Waals surface area (Å²) in [4.78, 5) is 0. The Bertz CT molecular complexity index is 185. The maximum atomic E-state index is 4.30. The Morgan fingerprint density at radius 1 is 1.30 bits per heavy atom. The Labute approximate surface area is 60.9 Å². The number of hydrogen-bond acceptors (Lipinski definition) is 0. The van der Waals surface area contributed by atoms with Crippen LogP contribution in [0.3, 0.4) is 0 Å². The van der Waals surface area contributed by atoms with E-state index >= 15 is 0 Å². The average Bonchev–Trinajstić information content (AvgIpc) is 2.59. The van der Waals surface area contributed by atoms with Gasteiger partial charge in [-0.05, 0) is 18.6 Å². The molecule has 2 nitrogen and oxygen atoms in total. The quantitative estimate of drug-likeness (QED) is 0.548. The topological polar surface area (TPSA) is 19.0 Å². The van der Waals surface area contributed by atoms with Gasteiger partial charge in [0.2, 0.25) is 0 Å². The fraction of sp³-hybridized carbons (Fsp3) is 0.500. The normalized spacial score (nSPS) is 25.4. The van der Waals surface area contributed by atoms with Gasteiger partial charge in [-0.1, -0.05) is 0 Å². The highest BCUT2D eigenvalue weighted by Gasteiger charge is 2.15. The largest absolute Gasteiger partial charge is 0.350 e. The summed E-state index contributed by atoms with van der Waals surface area (Å²) in [5.41, 5.74) is 0. The summed E-state index contributed by atoms with van der Waals surface area (Å²) >= 11 is 0. The fourth-order valence-corrected chi connectivity index (χ4v) is 1.41.